The number of aryl methyl sites for hydroxylation is 2. The van der Waals surface area contributed by atoms with Crippen LogP contribution in [0.4, 0.5) is 11.4 Å². The van der Waals surface area contributed by atoms with Crippen molar-refractivity contribution < 1.29 is 60.1 Å². The number of benzene rings is 2. The van der Waals surface area contributed by atoms with E-state index in [0.29, 0.717) is 16.6 Å². The van der Waals surface area contributed by atoms with Gasteiger partial charge in [-0.15, -0.1) is 0 Å². The van der Waals surface area contributed by atoms with Crippen LogP contribution in [0.25, 0.3) is 15.9 Å². The van der Waals surface area contributed by atoms with Gasteiger partial charge in [-0.25, -0.2) is 0 Å². The van der Waals surface area contributed by atoms with Gasteiger partial charge in [0.15, 0.2) is 0 Å². The number of aromatic nitrogens is 1. The van der Waals surface area contributed by atoms with Crippen molar-refractivity contribution in [2.75, 3.05) is 34.9 Å². The molecule has 0 radical (unpaired) electrons. The van der Waals surface area contributed by atoms with E-state index in [4.69, 9.17) is 23.2 Å². The zero-order valence-corrected chi connectivity index (χ0v) is 27.8. The van der Waals surface area contributed by atoms with Crippen molar-refractivity contribution in [3.63, 3.8) is 0 Å². The SMILES string of the molecule is Cc1ccc2[se]c(C=C3N(C)c4cc(Cl)c(Cl)cc4N3CCCS(=O)(=O)[O-])[n+](CCCS(=O)(=O)[O-])c2c1.[Na+]. The van der Waals surface area contributed by atoms with Crippen LogP contribution >= 0.6 is 23.2 Å². The molecule has 4 rings (SSSR count). The minimum atomic E-state index is -4.37. The Labute approximate surface area is 260 Å². The predicted molar refractivity (Wildman–Crippen MR) is 144 cm³/mol. The van der Waals surface area contributed by atoms with Gasteiger partial charge in [-0.3, -0.25) is 0 Å². The minimum Gasteiger partial charge on any atom is 1.00 e. The molecule has 3 aromatic rings. The van der Waals surface area contributed by atoms with E-state index in [1.165, 1.54) is 0 Å². The average molecular weight is 675 g/mol. The van der Waals surface area contributed by atoms with Gasteiger partial charge in [0.05, 0.1) is 0 Å². The first kappa shape index (κ1) is 31.9. The zero-order chi connectivity index (χ0) is 27.1. The molecular weight excluding hydrogens is 651 g/mol. The normalized spacial score (nSPS) is 14.8. The van der Waals surface area contributed by atoms with E-state index >= 15 is 0 Å². The fourth-order valence-corrected chi connectivity index (χ4v) is 7.89. The molecule has 200 valence electrons. The van der Waals surface area contributed by atoms with E-state index in [1.807, 2.05) is 46.5 Å². The van der Waals surface area contributed by atoms with E-state index in [9.17, 15) is 25.9 Å². The van der Waals surface area contributed by atoms with Gasteiger partial charge >= 0.3 is 263 Å². The van der Waals surface area contributed by atoms with Crippen LogP contribution in [-0.2, 0) is 26.8 Å². The summed E-state index contributed by atoms with van der Waals surface area (Å²) >= 11 is 12.5. The molecule has 9 nitrogen and oxygen atoms in total. The second-order valence-electron chi connectivity index (χ2n) is 8.76. The molecule has 0 bridgehead atoms. The summed E-state index contributed by atoms with van der Waals surface area (Å²) in [7, 11) is -6.86. The molecule has 38 heavy (non-hydrogen) atoms. The summed E-state index contributed by atoms with van der Waals surface area (Å²) in [5, 5.41) is 0.717. The largest absolute Gasteiger partial charge is 1.00 e. The summed E-state index contributed by atoms with van der Waals surface area (Å²) < 4.78 is 71.4. The van der Waals surface area contributed by atoms with Gasteiger partial charge in [0.1, 0.15) is 0 Å². The van der Waals surface area contributed by atoms with Crippen LogP contribution in [0.15, 0.2) is 36.2 Å². The molecule has 0 unspecified atom stereocenters. The minimum absolute atomic E-state index is 0. The summed E-state index contributed by atoms with van der Waals surface area (Å²) in [6.45, 7) is 2.58. The van der Waals surface area contributed by atoms with Crippen molar-refractivity contribution in [3.8, 4) is 0 Å². The number of fused-ring (bicyclic) bond motifs is 2. The summed E-state index contributed by atoms with van der Waals surface area (Å²) in [6.07, 6.45) is 2.27. The number of halogens is 2. The molecule has 1 aliphatic rings. The molecule has 0 spiro atoms. The van der Waals surface area contributed by atoms with Crippen LogP contribution in [0.2, 0.25) is 10.0 Å². The average Bonchev–Trinajstić information content (AvgIpc) is 3.23. The van der Waals surface area contributed by atoms with Crippen molar-refractivity contribution in [1.82, 2.24) is 0 Å². The molecule has 1 aromatic heterocycles. The second kappa shape index (κ2) is 12.5. The number of anilines is 2. The van der Waals surface area contributed by atoms with Crippen LogP contribution in [0, 0.1) is 6.92 Å². The second-order valence-corrected chi connectivity index (χ2v) is 14.9. The quantitative estimate of drug-likeness (QED) is 0.176. The van der Waals surface area contributed by atoms with Crippen molar-refractivity contribution in [2.45, 2.75) is 26.3 Å². The fourth-order valence-electron chi connectivity index (χ4n) is 4.31. The Morgan fingerprint density at radius 1 is 0.974 bits per heavy atom. The van der Waals surface area contributed by atoms with Gasteiger partial charge in [-0.2, -0.15) is 0 Å². The summed E-state index contributed by atoms with van der Waals surface area (Å²) in [5.41, 5.74) is 3.53. The van der Waals surface area contributed by atoms with Crippen molar-refractivity contribution in [1.29, 1.82) is 0 Å². The molecule has 0 N–H and O–H groups in total. The summed E-state index contributed by atoms with van der Waals surface area (Å²) in [6, 6.07) is 9.56. The third kappa shape index (κ3) is 7.55. The maximum Gasteiger partial charge on any atom is 1.00 e. The standard InChI is InChI=1S/C23H25Cl2N3O6S2Se.Na/c1-15-5-6-21-20(11-15)28(8-4-10-36(32,33)34)23(37-21)14-22-26(2)18-12-16(24)17(25)13-19(18)27(22)7-3-9-35(29,30)31;/h5-6,11-14H,3-4,7-10H2,1-2H3,(H-,29,30,31,32,33,34);/q;+1/p-1. The number of hydrogen-bond acceptors (Lipinski definition) is 8. The van der Waals surface area contributed by atoms with Crippen LogP contribution < -0.4 is 43.9 Å². The molecule has 0 atom stereocenters. The Bertz CT molecular complexity index is 1610. The van der Waals surface area contributed by atoms with Crippen molar-refractivity contribution >= 4 is 85.2 Å². The molecule has 0 aliphatic carbocycles. The first-order valence-electron chi connectivity index (χ1n) is 11.3. The molecule has 0 amide bonds. The summed E-state index contributed by atoms with van der Waals surface area (Å²) in [4.78, 5) is 3.82. The Morgan fingerprint density at radius 3 is 2.21 bits per heavy atom. The van der Waals surface area contributed by atoms with E-state index in [1.54, 1.807) is 12.1 Å². The number of rotatable bonds is 9. The van der Waals surface area contributed by atoms with Crippen LogP contribution in [0.3, 0.4) is 0 Å². The summed E-state index contributed by atoms with van der Waals surface area (Å²) in [5.74, 6) is -0.225. The Balaban J connectivity index is 0.00000400. The van der Waals surface area contributed by atoms with Gasteiger partial charge in [-0.05, 0) is 0 Å². The predicted octanol–water partition coefficient (Wildman–Crippen LogP) is -0.0711. The van der Waals surface area contributed by atoms with Crippen LogP contribution in [-0.4, -0.2) is 65.5 Å². The van der Waals surface area contributed by atoms with E-state index in [2.05, 4.69) is 6.07 Å². The Morgan fingerprint density at radius 2 is 1.58 bits per heavy atom. The molecule has 0 saturated heterocycles. The first-order chi connectivity index (χ1) is 17.2. The van der Waals surface area contributed by atoms with Gasteiger partial charge in [0.25, 0.3) is 0 Å². The Kier molecular flexibility index (Phi) is 10.5. The third-order valence-electron chi connectivity index (χ3n) is 5.98. The van der Waals surface area contributed by atoms with Gasteiger partial charge in [0, 0.05) is 0 Å². The zero-order valence-electron chi connectivity index (χ0n) is 21.0. The smallest absolute Gasteiger partial charge is 1.00 e. The fraction of sp³-hybridized carbons (Fsp3) is 0.348. The van der Waals surface area contributed by atoms with E-state index < -0.39 is 31.7 Å². The van der Waals surface area contributed by atoms with Crippen LogP contribution in [0.1, 0.15) is 23.0 Å². The van der Waals surface area contributed by atoms with E-state index in [-0.39, 0.29) is 63.4 Å². The molecular formula is C23H24Cl2N3NaO6S2Se. The van der Waals surface area contributed by atoms with Gasteiger partial charge in [-0.1, -0.05) is 0 Å². The Hall–Kier alpha value is -0.631. The van der Waals surface area contributed by atoms with Crippen molar-refractivity contribution in [3.05, 3.63) is 56.3 Å². The first-order valence-corrected chi connectivity index (χ1v) is 16.9. The van der Waals surface area contributed by atoms with Gasteiger partial charge < -0.3 is 0 Å². The van der Waals surface area contributed by atoms with E-state index in [0.717, 1.165) is 37.1 Å². The molecule has 2 heterocycles. The number of hydrogen-bond donors (Lipinski definition) is 0. The van der Waals surface area contributed by atoms with Crippen LogP contribution in [0.5, 0.6) is 0 Å². The maximum atomic E-state index is 11.2. The molecule has 0 fully saturated rings. The molecule has 0 saturated carbocycles. The van der Waals surface area contributed by atoms with Crippen molar-refractivity contribution in [2.24, 2.45) is 0 Å². The maximum absolute atomic E-state index is 11.2. The number of nitrogens with zero attached hydrogens (tertiary/aromatic N) is 3. The molecule has 15 heteroatoms. The monoisotopic (exact) mass is 675 g/mol. The third-order valence-corrected chi connectivity index (χ3v) is 10.6. The molecule has 1 aliphatic heterocycles. The molecule has 2 aromatic carbocycles. The topological polar surface area (TPSA) is 125 Å². The van der Waals surface area contributed by atoms with Gasteiger partial charge in [0.2, 0.25) is 0 Å².